The Morgan fingerprint density at radius 2 is 1.93 bits per heavy atom. The highest BCUT2D eigenvalue weighted by Crippen LogP contribution is 2.18. The third kappa shape index (κ3) is 3.74. The summed E-state index contributed by atoms with van der Waals surface area (Å²) < 4.78 is 0. The second kappa shape index (κ2) is 5.59. The van der Waals surface area contributed by atoms with Crippen molar-refractivity contribution in [3.05, 3.63) is 0 Å². The SMILES string of the molecule is CC(C)CC(C(=O)O)C(C)N(O)C=O. The lowest BCUT2D eigenvalue weighted by molar-refractivity contribution is -0.170. The molecule has 2 atom stereocenters. The minimum atomic E-state index is -0.993. The lowest BCUT2D eigenvalue weighted by Gasteiger charge is -2.25. The predicted octanol–water partition coefficient (Wildman–Crippen LogP) is 0.969. The van der Waals surface area contributed by atoms with Crippen molar-refractivity contribution in [3.8, 4) is 0 Å². The number of hydrogen-bond acceptors (Lipinski definition) is 3. The summed E-state index contributed by atoms with van der Waals surface area (Å²) in [4.78, 5) is 21.1. The summed E-state index contributed by atoms with van der Waals surface area (Å²) in [6, 6.07) is -0.701. The first-order valence-corrected chi connectivity index (χ1v) is 4.55. The third-order valence-corrected chi connectivity index (χ3v) is 2.15. The molecule has 5 nitrogen and oxygen atoms in total. The van der Waals surface area contributed by atoms with Crippen molar-refractivity contribution in [2.45, 2.75) is 33.2 Å². The molecule has 0 saturated heterocycles. The van der Waals surface area contributed by atoms with Crippen LogP contribution in [0, 0.1) is 11.8 Å². The van der Waals surface area contributed by atoms with Gasteiger partial charge in [0.05, 0.1) is 12.0 Å². The van der Waals surface area contributed by atoms with E-state index in [1.807, 2.05) is 13.8 Å². The van der Waals surface area contributed by atoms with Gasteiger partial charge in [-0.2, -0.15) is 0 Å². The second-order valence-electron chi connectivity index (χ2n) is 3.80. The lowest BCUT2D eigenvalue weighted by Crippen LogP contribution is -2.39. The zero-order valence-corrected chi connectivity index (χ0v) is 8.67. The summed E-state index contributed by atoms with van der Waals surface area (Å²) >= 11 is 0. The van der Waals surface area contributed by atoms with Crippen LogP contribution in [-0.4, -0.2) is 33.8 Å². The summed E-state index contributed by atoms with van der Waals surface area (Å²) in [6.45, 7) is 5.30. The topological polar surface area (TPSA) is 77.8 Å². The number of carbonyl (C=O) groups excluding carboxylic acids is 1. The van der Waals surface area contributed by atoms with Crippen LogP contribution in [0.5, 0.6) is 0 Å². The van der Waals surface area contributed by atoms with E-state index in [1.54, 1.807) is 0 Å². The van der Waals surface area contributed by atoms with E-state index in [0.29, 0.717) is 11.5 Å². The average molecular weight is 203 g/mol. The van der Waals surface area contributed by atoms with Crippen molar-refractivity contribution in [2.75, 3.05) is 0 Å². The minimum absolute atomic E-state index is 0.207. The van der Waals surface area contributed by atoms with E-state index >= 15 is 0 Å². The van der Waals surface area contributed by atoms with Crippen molar-refractivity contribution in [2.24, 2.45) is 11.8 Å². The Kier molecular flexibility index (Phi) is 5.15. The van der Waals surface area contributed by atoms with E-state index in [0.717, 1.165) is 0 Å². The number of nitrogens with zero attached hydrogens (tertiary/aromatic N) is 1. The molecule has 0 spiro atoms. The Bertz CT molecular complexity index is 205. The van der Waals surface area contributed by atoms with Crippen LogP contribution in [0.25, 0.3) is 0 Å². The number of aliphatic carboxylic acids is 1. The average Bonchev–Trinajstić information content (AvgIpc) is 2.11. The first-order chi connectivity index (χ1) is 6.40. The van der Waals surface area contributed by atoms with E-state index in [1.165, 1.54) is 6.92 Å². The number of carboxylic acid groups (broad SMARTS) is 1. The highest BCUT2D eigenvalue weighted by Gasteiger charge is 2.28. The van der Waals surface area contributed by atoms with Crippen molar-refractivity contribution in [1.29, 1.82) is 0 Å². The number of carboxylic acids is 1. The smallest absolute Gasteiger partial charge is 0.308 e. The maximum atomic E-state index is 10.8. The van der Waals surface area contributed by atoms with Crippen LogP contribution in [0.2, 0.25) is 0 Å². The zero-order valence-electron chi connectivity index (χ0n) is 8.67. The van der Waals surface area contributed by atoms with E-state index in [4.69, 9.17) is 10.3 Å². The molecule has 82 valence electrons. The normalized spacial score (nSPS) is 14.9. The second-order valence-corrected chi connectivity index (χ2v) is 3.80. The van der Waals surface area contributed by atoms with Gasteiger partial charge < -0.3 is 5.11 Å². The molecule has 1 amide bonds. The molecular weight excluding hydrogens is 186 g/mol. The highest BCUT2D eigenvalue weighted by molar-refractivity contribution is 5.71. The molecule has 0 aliphatic carbocycles. The molecule has 0 aliphatic rings. The first kappa shape index (κ1) is 12.9. The molecule has 2 unspecified atom stereocenters. The van der Waals surface area contributed by atoms with Crippen LogP contribution in [-0.2, 0) is 9.59 Å². The van der Waals surface area contributed by atoms with Crippen molar-refractivity contribution < 1.29 is 19.9 Å². The van der Waals surface area contributed by atoms with Crippen LogP contribution >= 0.6 is 0 Å². The Labute approximate surface area is 83.3 Å². The van der Waals surface area contributed by atoms with Crippen LogP contribution in [0.4, 0.5) is 0 Å². The quantitative estimate of drug-likeness (QED) is 0.383. The van der Waals surface area contributed by atoms with E-state index < -0.39 is 17.9 Å². The Balaban J connectivity index is 4.48. The number of hydrogen-bond donors (Lipinski definition) is 2. The number of hydroxylamine groups is 2. The Hall–Kier alpha value is -1.10. The fraction of sp³-hybridized carbons (Fsp3) is 0.778. The van der Waals surface area contributed by atoms with Gasteiger partial charge in [0.1, 0.15) is 0 Å². The fourth-order valence-electron chi connectivity index (χ4n) is 1.29. The molecule has 0 aliphatic heterocycles. The van der Waals surface area contributed by atoms with Gasteiger partial charge in [0, 0.05) is 0 Å². The summed E-state index contributed by atoms with van der Waals surface area (Å²) in [5.41, 5.74) is 0. The lowest BCUT2D eigenvalue weighted by atomic mass is 9.91. The maximum absolute atomic E-state index is 10.8. The van der Waals surface area contributed by atoms with Crippen LogP contribution in [0.3, 0.4) is 0 Å². The standard InChI is InChI=1S/C9H17NO4/c1-6(2)4-8(9(12)13)7(3)10(14)5-11/h5-8,14H,4H2,1-3H3,(H,12,13). The molecule has 0 rings (SSSR count). The third-order valence-electron chi connectivity index (χ3n) is 2.15. The first-order valence-electron chi connectivity index (χ1n) is 4.55. The fourth-order valence-corrected chi connectivity index (χ4v) is 1.29. The van der Waals surface area contributed by atoms with Crippen molar-refractivity contribution >= 4 is 12.4 Å². The van der Waals surface area contributed by atoms with E-state index in [2.05, 4.69) is 0 Å². The van der Waals surface area contributed by atoms with E-state index in [9.17, 15) is 9.59 Å². The Morgan fingerprint density at radius 1 is 1.43 bits per heavy atom. The maximum Gasteiger partial charge on any atom is 0.308 e. The van der Waals surface area contributed by atoms with E-state index in [-0.39, 0.29) is 12.3 Å². The van der Waals surface area contributed by atoms with Gasteiger partial charge in [0.2, 0.25) is 6.41 Å². The summed E-state index contributed by atoms with van der Waals surface area (Å²) in [5.74, 6) is -1.52. The van der Waals surface area contributed by atoms with Gasteiger partial charge >= 0.3 is 5.97 Å². The van der Waals surface area contributed by atoms with Gasteiger partial charge in [-0.15, -0.1) is 0 Å². The molecule has 0 aromatic carbocycles. The molecule has 0 radical (unpaired) electrons. The zero-order chi connectivity index (χ0) is 11.3. The van der Waals surface area contributed by atoms with Crippen LogP contribution < -0.4 is 0 Å². The molecule has 14 heavy (non-hydrogen) atoms. The summed E-state index contributed by atoms with van der Waals surface area (Å²) in [5, 5.41) is 18.3. The molecule has 0 aromatic heterocycles. The summed E-state index contributed by atoms with van der Waals surface area (Å²) in [7, 11) is 0. The summed E-state index contributed by atoms with van der Waals surface area (Å²) in [6.07, 6.45) is 0.655. The number of carbonyl (C=O) groups is 2. The van der Waals surface area contributed by atoms with Crippen molar-refractivity contribution in [3.63, 3.8) is 0 Å². The molecule has 0 saturated carbocycles. The molecule has 0 fully saturated rings. The molecule has 5 heteroatoms. The van der Waals surface area contributed by atoms with Gasteiger partial charge in [0.15, 0.2) is 0 Å². The monoisotopic (exact) mass is 203 g/mol. The molecule has 0 aromatic rings. The molecular formula is C9H17NO4. The minimum Gasteiger partial charge on any atom is -0.481 e. The number of rotatable bonds is 6. The largest absolute Gasteiger partial charge is 0.481 e. The van der Waals surface area contributed by atoms with Crippen molar-refractivity contribution in [1.82, 2.24) is 5.06 Å². The van der Waals surface area contributed by atoms with Gasteiger partial charge in [-0.25, -0.2) is 5.06 Å². The van der Waals surface area contributed by atoms with Crippen LogP contribution in [0.1, 0.15) is 27.2 Å². The van der Waals surface area contributed by atoms with Gasteiger partial charge in [-0.1, -0.05) is 13.8 Å². The molecule has 0 heterocycles. The van der Waals surface area contributed by atoms with Crippen LogP contribution in [0.15, 0.2) is 0 Å². The predicted molar refractivity (Wildman–Crippen MR) is 49.7 cm³/mol. The number of amides is 1. The van der Waals surface area contributed by atoms with Gasteiger partial charge in [-0.05, 0) is 19.3 Å². The van der Waals surface area contributed by atoms with Gasteiger partial charge in [0.25, 0.3) is 0 Å². The Morgan fingerprint density at radius 3 is 2.21 bits per heavy atom. The highest BCUT2D eigenvalue weighted by atomic mass is 16.5. The van der Waals surface area contributed by atoms with Gasteiger partial charge in [-0.3, -0.25) is 14.8 Å². The molecule has 0 bridgehead atoms. The molecule has 2 N–H and O–H groups in total.